The van der Waals surface area contributed by atoms with Crippen LogP contribution in [-0.4, -0.2) is 28.3 Å². The highest BCUT2D eigenvalue weighted by Gasteiger charge is 2.35. The molecule has 122 valence electrons. The Balaban J connectivity index is 1.63. The van der Waals surface area contributed by atoms with Crippen LogP contribution in [0.1, 0.15) is 32.1 Å². The Bertz CT molecular complexity index is 695. The fourth-order valence-corrected chi connectivity index (χ4v) is 2.53. The van der Waals surface area contributed by atoms with Crippen molar-refractivity contribution in [3.8, 4) is 11.4 Å². The number of aromatic nitrogens is 2. The number of nitrogens with zero attached hydrogens (tertiary/aromatic N) is 2. The molecule has 1 saturated heterocycles. The quantitative estimate of drug-likeness (QED) is 0.936. The lowest BCUT2D eigenvalue weighted by molar-refractivity contribution is -0.150. The van der Waals surface area contributed by atoms with Gasteiger partial charge < -0.3 is 14.6 Å². The van der Waals surface area contributed by atoms with Crippen LogP contribution >= 0.6 is 0 Å². The lowest BCUT2D eigenvalue weighted by Crippen LogP contribution is -2.48. The lowest BCUT2D eigenvalue weighted by Gasteiger charge is -2.32. The Kier molecular flexibility index (Phi) is 4.38. The van der Waals surface area contributed by atoms with E-state index < -0.39 is 11.4 Å². The molecule has 1 aliphatic heterocycles. The zero-order valence-corrected chi connectivity index (χ0v) is 12.8. The molecule has 2 heterocycles. The van der Waals surface area contributed by atoms with Crippen molar-refractivity contribution in [2.75, 3.05) is 6.61 Å². The molecule has 0 aliphatic carbocycles. The van der Waals surface area contributed by atoms with Crippen LogP contribution in [0.25, 0.3) is 11.4 Å². The SMILES string of the molecule is C[C@@]1(C(=O)NCc2nc(-c3ccccc3F)no2)CCCCO1. The lowest BCUT2D eigenvalue weighted by atomic mass is 9.95. The van der Waals surface area contributed by atoms with Crippen molar-refractivity contribution < 1.29 is 18.4 Å². The summed E-state index contributed by atoms with van der Waals surface area (Å²) >= 11 is 0. The molecule has 1 amide bonds. The van der Waals surface area contributed by atoms with Gasteiger partial charge in [0.1, 0.15) is 11.4 Å². The average molecular weight is 319 g/mol. The third kappa shape index (κ3) is 3.39. The van der Waals surface area contributed by atoms with E-state index in [-0.39, 0.29) is 29.7 Å². The van der Waals surface area contributed by atoms with Gasteiger partial charge in [0.05, 0.1) is 12.1 Å². The first-order valence-corrected chi connectivity index (χ1v) is 7.58. The summed E-state index contributed by atoms with van der Waals surface area (Å²) in [5, 5.41) is 6.48. The van der Waals surface area contributed by atoms with Gasteiger partial charge in [-0.15, -0.1) is 0 Å². The minimum Gasteiger partial charge on any atom is -0.365 e. The van der Waals surface area contributed by atoms with Crippen molar-refractivity contribution in [3.63, 3.8) is 0 Å². The predicted molar refractivity (Wildman–Crippen MR) is 79.7 cm³/mol. The number of rotatable bonds is 4. The molecule has 23 heavy (non-hydrogen) atoms. The molecule has 1 atom stereocenters. The maximum absolute atomic E-state index is 13.7. The van der Waals surface area contributed by atoms with E-state index in [1.165, 1.54) is 6.07 Å². The largest absolute Gasteiger partial charge is 0.365 e. The van der Waals surface area contributed by atoms with Gasteiger partial charge in [0.2, 0.25) is 11.7 Å². The van der Waals surface area contributed by atoms with Crippen molar-refractivity contribution in [1.29, 1.82) is 0 Å². The van der Waals surface area contributed by atoms with Crippen molar-refractivity contribution in [2.45, 2.75) is 38.3 Å². The third-order valence-corrected chi connectivity index (χ3v) is 3.93. The second-order valence-electron chi connectivity index (χ2n) is 5.71. The summed E-state index contributed by atoms with van der Waals surface area (Å²) < 4.78 is 24.3. The van der Waals surface area contributed by atoms with E-state index in [9.17, 15) is 9.18 Å². The molecule has 1 aromatic heterocycles. The van der Waals surface area contributed by atoms with E-state index in [0.717, 1.165) is 12.8 Å². The molecule has 2 aromatic rings. The van der Waals surface area contributed by atoms with E-state index >= 15 is 0 Å². The van der Waals surface area contributed by atoms with E-state index in [1.807, 2.05) is 0 Å². The average Bonchev–Trinajstić information content (AvgIpc) is 3.02. The number of nitrogens with one attached hydrogen (secondary N) is 1. The van der Waals surface area contributed by atoms with Gasteiger partial charge >= 0.3 is 0 Å². The molecule has 1 aliphatic rings. The normalized spacial score (nSPS) is 21.1. The summed E-state index contributed by atoms with van der Waals surface area (Å²) in [4.78, 5) is 16.3. The smallest absolute Gasteiger partial charge is 0.252 e. The first-order chi connectivity index (χ1) is 11.1. The van der Waals surface area contributed by atoms with Crippen LogP contribution in [0.4, 0.5) is 4.39 Å². The maximum atomic E-state index is 13.7. The molecular weight excluding hydrogens is 301 g/mol. The van der Waals surface area contributed by atoms with Crippen LogP contribution < -0.4 is 5.32 Å². The fraction of sp³-hybridized carbons (Fsp3) is 0.438. The van der Waals surface area contributed by atoms with Crippen molar-refractivity contribution >= 4 is 5.91 Å². The number of hydrogen-bond acceptors (Lipinski definition) is 5. The van der Waals surface area contributed by atoms with Gasteiger partial charge in [-0.1, -0.05) is 17.3 Å². The highest BCUT2D eigenvalue weighted by Crippen LogP contribution is 2.24. The van der Waals surface area contributed by atoms with Crippen molar-refractivity contribution in [2.24, 2.45) is 0 Å². The van der Waals surface area contributed by atoms with Crippen LogP contribution in [0.15, 0.2) is 28.8 Å². The Morgan fingerprint density at radius 1 is 1.39 bits per heavy atom. The number of hydrogen-bond donors (Lipinski definition) is 1. The van der Waals surface area contributed by atoms with Gasteiger partial charge in [-0.05, 0) is 38.3 Å². The highest BCUT2D eigenvalue weighted by molar-refractivity contribution is 5.84. The number of halogens is 1. The van der Waals surface area contributed by atoms with E-state index in [2.05, 4.69) is 15.5 Å². The maximum Gasteiger partial charge on any atom is 0.252 e. The van der Waals surface area contributed by atoms with Gasteiger partial charge in [0.25, 0.3) is 5.91 Å². The van der Waals surface area contributed by atoms with Crippen LogP contribution in [0.3, 0.4) is 0 Å². The third-order valence-electron chi connectivity index (χ3n) is 3.93. The summed E-state index contributed by atoms with van der Waals surface area (Å²) in [6, 6.07) is 6.18. The fourth-order valence-electron chi connectivity index (χ4n) is 2.53. The molecular formula is C16H18FN3O3. The first-order valence-electron chi connectivity index (χ1n) is 7.58. The predicted octanol–water partition coefficient (Wildman–Crippen LogP) is 2.45. The second kappa shape index (κ2) is 6.45. The molecule has 0 bridgehead atoms. The minimum atomic E-state index is -0.813. The molecule has 3 rings (SSSR count). The Morgan fingerprint density at radius 3 is 2.96 bits per heavy atom. The zero-order chi connectivity index (χ0) is 16.3. The van der Waals surface area contributed by atoms with Gasteiger partial charge in [-0.25, -0.2) is 4.39 Å². The van der Waals surface area contributed by atoms with Crippen LogP contribution in [0.2, 0.25) is 0 Å². The highest BCUT2D eigenvalue weighted by atomic mass is 19.1. The Hall–Kier alpha value is -2.28. The van der Waals surface area contributed by atoms with Crippen LogP contribution in [0, 0.1) is 5.82 Å². The van der Waals surface area contributed by atoms with Crippen molar-refractivity contribution in [3.05, 3.63) is 36.0 Å². The van der Waals surface area contributed by atoms with Crippen LogP contribution in [0.5, 0.6) is 0 Å². The molecule has 7 heteroatoms. The van der Waals surface area contributed by atoms with Gasteiger partial charge in [-0.2, -0.15) is 4.98 Å². The second-order valence-corrected chi connectivity index (χ2v) is 5.71. The number of carbonyl (C=O) groups excluding carboxylic acids is 1. The summed E-state index contributed by atoms with van der Waals surface area (Å²) in [5.74, 6) is -0.252. The zero-order valence-electron chi connectivity index (χ0n) is 12.8. The van der Waals surface area contributed by atoms with E-state index in [0.29, 0.717) is 13.0 Å². The Morgan fingerprint density at radius 2 is 2.22 bits per heavy atom. The minimum absolute atomic E-state index is 0.0826. The van der Waals surface area contributed by atoms with E-state index in [4.69, 9.17) is 9.26 Å². The summed E-state index contributed by atoms with van der Waals surface area (Å²) in [7, 11) is 0. The van der Waals surface area contributed by atoms with Gasteiger partial charge in [0, 0.05) is 6.61 Å². The molecule has 0 radical (unpaired) electrons. The molecule has 6 nitrogen and oxygen atoms in total. The molecule has 1 N–H and O–H groups in total. The number of carbonyl (C=O) groups is 1. The molecule has 1 fully saturated rings. The first kappa shape index (κ1) is 15.6. The number of ether oxygens (including phenoxy) is 1. The monoisotopic (exact) mass is 319 g/mol. The Labute approximate surface area is 133 Å². The van der Waals surface area contributed by atoms with E-state index in [1.54, 1.807) is 25.1 Å². The van der Waals surface area contributed by atoms with Crippen molar-refractivity contribution in [1.82, 2.24) is 15.5 Å². The molecule has 0 saturated carbocycles. The molecule has 1 aromatic carbocycles. The number of benzene rings is 1. The molecule has 0 unspecified atom stereocenters. The number of amides is 1. The standard InChI is InChI=1S/C16H18FN3O3/c1-16(8-4-5-9-22-16)15(21)18-10-13-19-14(20-23-13)11-6-2-3-7-12(11)17/h2-3,6-7H,4-5,8-10H2,1H3,(H,18,21)/t16-/m0/s1. The summed E-state index contributed by atoms with van der Waals surface area (Å²) in [6.07, 6.45) is 2.61. The topological polar surface area (TPSA) is 77.3 Å². The van der Waals surface area contributed by atoms with Gasteiger partial charge in [-0.3, -0.25) is 4.79 Å². The molecule has 0 spiro atoms. The summed E-state index contributed by atoms with van der Waals surface area (Å²) in [5.41, 5.74) is -0.552. The summed E-state index contributed by atoms with van der Waals surface area (Å²) in [6.45, 7) is 2.45. The van der Waals surface area contributed by atoms with Crippen LogP contribution in [-0.2, 0) is 16.1 Å². The van der Waals surface area contributed by atoms with Gasteiger partial charge in [0.15, 0.2) is 0 Å².